The highest BCUT2D eigenvalue weighted by atomic mass is 16.4. The quantitative estimate of drug-likeness (QED) is 0.611. The van der Waals surface area contributed by atoms with Gasteiger partial charge in [0, 0.05) is 5.46 Å². The van der Waals surface area contributed by atoms with Crippen molar-refractivity contribution in [1.29, 1.82) is 5.26 Å². The number of hydrogen-bond donors (Lipinski definition) is 2. The Kier molecular flexibility index (Phi) is 3.07. The molecule has 0 aromatic heterocycles. The summed E-state index contributed by atoms with van der Waals surface area (Å²) in [6, 6.07) is 6.97. The molecule has 0 amide bonds. The molecular weight excluding hydrogens is 165 g/mol. The van der Waals surface area contributed by atoms with Gasteiger partial charge in [0.2, 0.25) is 0 Å². The van der Waals surface area contributed by atoms with Gasteiger partial charge in [-0.15, -0.1) is 0 Å². The van der Waals surface area contributed by atoms with Crippen LogP contribution in [0.5, 0.6) is 0 Å². The summed E-state index contributed by atoms with van der Waals surface area (Å²) in [6.45, 7) is 1.97. The summed E-state index contributed by atoms with van der Waals surface area (Å²) in [5, 5.41) is 26.6. The average molecular weight is 175 g/mol. The van der Waals surface area contributed by atoms with Crippen LogP contribution in [0.25, 0.3) is 0 Å². The van der Waals surface area contributed by atoms with Gasteiger partial charge in [-0.2, -0.15) is 5.26 Å². The van der Waals surface area contributed by atoms with Crippen molar-refractivity contribution in [2.24, 2.45) is 0 Å². The molecule has 1 rings (SSSR count). The molecule has 0 atom stereocenters. The van der Waals surface area contributed by atoms with Gasteiger partial charge in [0.05, 0.1) is 11.6 Å². The molecule has 0 radical (unpaired) electrons. The van der Waals surface area contributed by atoms with Gasteiger partial charge < -0.3 is 10.0 Å². The lowest BCUT2D eigenvalue weighted by Gasteiger charge is -2.04. The molecule has 3 nitrogen and oxygen atoms in total. The van der Waals surface area contributed by atoms with Gasteiger partial charge in [0.15, 0.2) is 0 Å². The Balaban J connectivity index is 3.20. The summed E-state index contributed by atoms with van der Waals surface area (Å²) in [6.07, 6.45) is 0.811. The highest BCUT2D eigenvalue weighted by Gasteiger charge is 2.15. The van der Waals surface area contributed by atoms with E-state index in [-0.39, 0.29) is 5.46 Å². The van der Waals surface area contributed by atoms with Crippen LogP contribution < -0.4 is 5.46 Å². The van der Waals surface area contributed by atoms with Crippen LogP contribution in [-0.4, -0.2) is 17.2 Å². The number of nitrogens with zero attached hydrogens (tertiary/aromatic N) is 1. The van der Waals surface area contributed by atoms with Crippen LogP contribution in [0.15, 0.2) is 18.2 Å². The summed E-state index contributed by atoms with van der Waals surface area (Å²) in [4.78, 5) is 0. The van der Waals surface area contributed by atoms with Gasteiger partial charge in [-0.25, -0.2) is 0 Å². The Morgan fingerprint density at radius 2 is 2.15 bits per heavy atom. The molecule has 1 aromatic carbocycles. The van der Waals surface area contributed by atoms with Crippen LogP contribution in [0.3, 0.4) is 0 Å². The maximum absolute atomic E-state index is 8.96. The van der Waals surface area contributed by atoms with Crippen molar-refractivity contribution in [3.63, 3.8) is 0 Å². The standard InChI is InChI=1S/C9H10BNO2/c1-2-7-3-4-8(6-11)9(5-7)10(12)13/h3-5,12-13H,2H2,1H3. The van der Waals surface area contributed by atoms with Crippen LogP contribution in [-0.2, 0) is 6.42 Å². The first-order valence-corrected chi connectivity index (χ1v) is 4.08. The molecule has 0 aliphatic heterocycles. The first kappa shape index (κ1) is 9.78. The molecule has 4 heteroatoms. The van der Waals surface area contributed by atoms with E-state index in [4.69, 9.17) is 15.3 Å². The van der Waals surface area contributed by atoms with Gasteiger partial charge in [0.25, 0.3) is 0 Å². The number of benzene rings is 1. The highest BCUT2D eigenvalue weighted by Crippen LogP contribution is 2.02. The zero-order valence-corrected chi connectivity index (χ0v) is 7.36. The van der Waals surface area contributed by atoms with Gasteiger partial charge in [-0.3, -0.25) is 0 Å². The Hall–Kier alpha value is -1.31. The zero-order valence-electron chi connectivity index (χ0n) is 7.36. The maximum Gasteiger partial charge on any atom is 0.489 e. The lowest BCUT2D eigenvalue weighted by atomic mass is 9.76. The van der Waals surface area contributed by atoms with E-state index in [1.807, 2.05) is 19.1 Å². The van der Waals surface area contributed by atoms with Crippen molar-refractivity contribution in [3.05, 3.63) is 29.3 Å². The van der Waals surface area contributed by atoms with E-state index in [0.29, 0.717) is 5.56 Å². The second kappa shape index (κ2) is 4.08. The molecular formula is C9H10BNO2. The summed E-state index contributed by atoms with van der Waals surface area (Å²) >= 11 is 0. The Labute approximate surface area is 77.4 Å². The second-order valence-corrected chi connectivity index (χ2v) is 2.76. The van der Waals surface area contributed by atoms with Crippen LogP contribution in [0.4, 0.5) is 0 Å². The lowest BCUT2D eigenvalue weighted by molar-refractivity contribution is 0.425. The fourth-order valence-corrected chi connectivity index (χ4v) is 1.15. The molecule has 0 unspecified atom stereocenters. The molecule has 2 N–H and O–H groups in total. The van der Waals surface area contributed by atoms with E-state index in [2.05, 4.69) is 0 Å². The number of aryl methyl sites for hydroxylation is 1. The SMILES string of the molecule is CCc1ccc(C#N)c(B(O)O)c1. The first-order chi connectivity index (χ1) is 6.19. The molecule has 0 aliphatic carbocycles. The monoisotopic (exact) mass is 175 g/mol. The largest absolute Gasteiger partial charge is 0.489 e. The Bertz CT molecular complexity index is 344. The van der Waals surface area contributed by atoms with Gasteiger partial charge in [-0.05, 0) is 18.1 Å². The van der Waals surface area contributed by atoms with Crippen LogP contribution in [0, 0.1) is 11.3 Å². The fraction of sp³-hybridized carbons (Fsp3) is 0.222. The molecule has 1 aromatic rings. The third-order valence-electron chi connectivity index (χ3n) is 1.92. The van der Waals surface area contributed by atoms with E-state index in [0.717, 1.165) is 12.0 Å². The van der Waals surface area contributed by atoms with Crippen molar-refractivity contribution in [1.82, 2.24) is 0 Å². The Morgan fingerprint density at radius 3 is 2.62 bits per heavy atom. The number of rotatable bonds is 2. The van der Waals surface area contributed by atoms with Gasteiger partial charge in [-0.1, -0.05) is 19.1 Å². The van der Waals surface area contributed by atoms with Crippen LogP contribution >= 0.6 is 0 Å². The smallest absolute Gasteiger partial charge is 0.423 e. The third-order valence-corrected chi connectivity index (χ3v) is 1.92. The van der Waals surface area contributed by atoms with Crippen molar-refractivity contribution < 1.29 is 10.0 Å². The van der Waals surface area contributed by atoms with E-state index in [1.54, 1.807) is 12.1 Å². The molecule has 66 valence electrons. The van der Waals surface area contributed by atoms with Gasteiger partial charge >= 0.3 is 7.12 Å². The summed E-state index contributed by atoms with van der Waals surface area (Å²) in [7, 11) is -1.57. The van der Waals surface area contributed by atoms with E-state index < -0.39 is 7.12 Å². The molecule has 0 spiro atoms. The van der Waals surface area contributed by atoms with Gasteiger partial charge in [0.1, 0.15) is 0 Å². The minimum Gasteiger partial charge on any atom is -0.423 e. The number of hydrogen-bond acceptors (Lipinski definition) is 3. The Morgan fingerprint density at radius 1 is 1.46 bits per heavy atom. The van der Waals surface area contributed by atoms with E-state index >= 15 is 0 Å². The van der Waals surface area contributed by atoms with Crippen LogP contribution in [0.2, 0.25) is 0 Å². The summed E-state index contributed by atoms with van der Waals surface area (Å²) in [5.74, 6) is 0. The van der Waals surface area contributed by atoms with E-state index in [9.17, 15) is 0 Å². The van der Waals surface area contributed by atoms with E-state index in [1.165, 1.54) is 0 Å². The molecule has 0 aliphatic rings. The third kappa shape index (κ3) is 2.08. The average Bonchev–Trinajstić information content (AvgIpc) is 2.16. The summed E-state index contributed by atoms with van der Waals surface area (Å²) in [5.41, 5.74) is 1.58. The van der Waals surface area contributed by atoms with Crippen LogP contribution in [0.1, 0.15) is 18.1 Å². The minimum atomic E-state index is -1.57. The normalized spacial score (nSPS) is 9.38. The molecule has 0 bridgehead atoms. The van der Waals surface area contributed by atoms with Crippen molar-refractivity contribution in [2.45, 2.75) is 13.3 Å². The molecule has 0 saturated heterocycles. The fourth-order valence-electron chi connectivity index (χ4n) is 1.15. The maximum atomic E-state index is 8.96. The first-order valence-electron chi connectivity index (χ1n) is 4.08. The molecule has 0 heterocycles. The van der Waals surface area contributed by atoms with Crippen molar-refractivity contribution in [2.75, 3.05) is 0 Å². The van der Waals surface area contributed by atoms with Crippen molar-refractivity contribution >= 4 is 12.6 Å². The zero-order chi connectivity index (χ0) is 9.84. The molecule has 13 heavy (non-hydrogen) atoms. The van der Waals surface area contributed by atoms with Crippen molar-refractivity contribution in [3.8, 4) is 6.07 Å². The molecule has 0 saturated carbocycles. The highest BCUT2D eigenvalue weighted by molar-refractivity contribution is 6.59. The molecule has 0 fully saturated rings. The predicted octanol–water partition coefficient (Wildman–Crippen LogP) is -0.200. The minimum absolute atomic E-state index is 0.279. The number of nitriles is 1. The predicted molar refractivity (Wildman–Crippen MR) is 50.4 cm³/mol. The lowest BCUT2D eigenvalue weighted by Crippen LogP contribution is -2.32. The summed E-state index contributed by atoms with van der Waals surface area (Å²) < 4.78 is 0. The topological polar surface area (TPSA) is 64.2 Å². The second-order valence-electron chi connectivity index (χ2n) is 2.76.